The molecule has 2 rings (SSSR count). The van der Waals surface area contributed by atoms with Gasteiger partial charge in [-0.3, -0.25) is 0 Å². The molecule has 0 unspecified atom stereocenters. The Kier molecular flexibility index (Phi) is 6.50. The van der Waals surface area contributed by atoms with Gasteiger partial charge in [0.25, 0.3) is 0 Å². The van der Waals surface area contributed by atoms with Crippen LogP contribution in [0.2, 0.25) is 0 Å². The fourth-order valence-electron chi connectivity index (χ4n) is 2.99. The monoisotopic (exact) mass is 292 g/mol. The minimum absolute atomic E-state index is 0.132. The van der Waals surface area contributed by atoms with Crippen LogP contribution in [0, 0.1) is 11.7 Å². The summed E-state index contributed by atoms with van der Waals surface area (Å²) in [5, 5.41) is 3.44. The quantitative estimate of drug-likeness (QED) is 0.868. The standard InChI is InChI=1S/C18H29FN2/c1-15(2)13-20-14-16-12-17(19)8-9-18(16)21-10-6-4-3-5-7-11-21/h8-9,12,15,20H,3-7,10-11,13-14H2,1-2H3. The van der Waals surface area contributed by atoms with E-state index in [9.17, 15) is 4.39 Å². The van der Waals surface area contributed by atoms with E-state index in [4.69, 9.17) is 0 Å². The van der Waals surface area contributed by atoms with Gasteiger partial charge in [0, 0.05) is 25.3 Å². The molecule has 0 radical (unpaired) electrons. The van der Waals surface area contributed by atoms with Crippen LogP contribution in [0.25, 0.3) is 0 Å². The number of halogens is 1. The maximum Gasteiger partial charge on any atom is 0.123 e. The molecule has 1 N–H and O–H groups in total. The molecule has 21 heavy (non-hydrogen) atoms. The maximum absolute atomic E-state index is 13.6. The van der Waals surface area contributed by atoms with Gasteiger partial charge in [-0.2, -0.15) is 0 Å². The van der Waals surface area contributed by atoms with Crippen molar-refractivity contribution in [2.75, 3.05) is 24.5 Å². The highest BCUT2D eigenvalue weighted by Crippen LogP contribution is 2.24. The summed E-state index contributed by atoms with van der Waals surface area (Å²) in [5.74, 6) is 0.482. The third-order valence-corrected chi connectivity index (χ3v) is 4.11. The third-order valence-electron chi connectivity index (χ3n) is 4.11. The van der Waals surface area contributed by atoms with Gasteiger partial charge in [0.15, 0.2) is 0 Å². The number of nitrogens with zero attached hydrogens (tertiary/aromatic N) is 1. The van der Waals surface area contributed by atoms with E-state index in [1.807, 2.05) is 6.07 Å². The second kappa shape index (κ2) is 8.38. The normalized spacial score (nSPS) is 16.9. The van der Waals surface area contributed by atoms with Crippen molar-refractivity contribution in [3.63, 3.8) is 0 Å². The molecular formula is C18H29FN2. The lowest BCUT2D eigenvalue weighted by molar-refractivity contribution is 0.541. The fraction of sp³-hybridized carbons (Fsp3) is 0.667. The molecule has 3 heteroatoms. The van der Waals surface area contributed by atoms with Crippen molar-refractivity contribution >= 4 is 5.69 Å². The molecular weight excluding hydrogens is 263 g/mol. The molecule has 0 aliphatic carbocycles. The zero-order valence-electron chi connectivity index (χ0n) is 13.5. The van der Waals surface area contributed by atoms with Crippen molar-refractivity contribution in [2.24, 2.45) is 5.92 Å². The van der Waals surface area contributed by atoms with Crippen molar-refractivity contribution < 1.29 is 4.39 Å². The first kappa shape index (κ1) is 16.3. The predicted octanol–water partition coefficient (Wildman–Crippen LogP) is 4.34. The smallest absolute Gasteiger partial charge is 0.123 e. The molecule has 0 atom stereocenters. The van der Waals surface area contributed by atoms with Crippen molar-refractivity contribution in [2.45, 2.75) is 52.5 Å². The Balaban J connectivity index is 2.08. The van der Waals surface area contributed by atoms with Gasteiger partial charge in [-0.25, -0.2) is 4.39 Å². The Labute approximate surface area is 128 Å². The predicted molar refractivity (Wildman–Crippen MR) is 88.2 cm³/mol. The fourth-order valence-corrected chi connectivity index (χ4v) is 2.99. The molecule has 1 fully saturated rings. The molecule has 0 saturated carbocycles. The summed E-state index contributed by atoms with van der Waals surface area (Å²) in [7, 11) is 0. The van der Waals surface area contributed by atoms with Gasteiger partial charge in [-0.15, -0.1) is 0 Å². The molecule has 0 aromatic heterocycles. The first-order valence-electron chi connectivity index (χ1n) is 8.41. The van der Waals surface area contributed by atoms with E-state index >= 15 is 0 Å². The van der Waals surface area contributed by atoms with Crippen LogP contribution in [0.1, 0.15) is 51.5 Å². The Morgan fingerprint density at radius 1 is 1.10 bits per heavy atom. The molecule has 118 valence electrons. The Morgan fingerprint density at radius 2 is 1.76 bits per heavy atom. The number of anilines is 1. The van der Waals surface area contributed by atoms with Crippen molar-refractivity contribution in [3.8, 4) is 0 Å². The molecule has 1 aromatic carbocycles. The Bertz CT molecular complexity index is 423. The van der Waals surface area contributed by atoms with Gasteiger partial charge in [0.1, 0.15) is 5.82 Å². The summed E-state index contributed by atoms with van der Waals surface area (Å²) < 4.78 is 13.6. The summed E-state index contributed by atoms with van der Waals surface area (Å²) in [4.78, 5) is 2.45. The zero-order valence-corrected chi connectivity index (χ0v) is 13.5. The molecule has 1 aliphatic rings. The maximum atomic E-state index is 13.6. The molecule has 1 aromatic rings. The molecule has 1 saturated heterocycles. The van der Waals surface area contributed by atoms with Crippen LogP contribution in [0.5, 0.6) is 0 Å². The number of nitrogens with one attached hydrogen (secondary N) is 1. The average molecular weight is 292 g/mol. The minimum Gasteiger partial charge on any atom is -0.371 e. The van der Waals surface area contributed by atoms with E-state index in [0.717, 1.165) is 31.7 Å². The summed E-state index contributed by atoms with van der Waals surface area (Å²) >= 11 is 0. The van der Waals surface area contributed by atoms with E-state index < -0.39 is 0 Å². The van der Waals surface area contributed by atoms with Crippen LogP contribution in [0.4, 0.5) is 10.1 Å². The van der Waals surface area contributed by atoms with Gasteiger partial charge < -0.3 is 10.2 Å². The van der Waals surface area contributed by atoms with Gasteiger partial charge in [0.05, 0.1) is 0 Å². The molecule has 1 heterocycles. The lowest BCUT2D eigenvalue weighted by atomic mass is 10.1. The van der Waals surface area contributed by atoms with E-state index in [0.29, 0.717) is 5.92 Å². The molecule has 0 spiro atoms. The van der Waals surface area contributed by atoms with Crippen LogP contribution >= 0.6 is 0 Å². The number of hydrogen-bond acceptors (Lipinski definition) is 2. The molecule has 0 bridgehead atoms. The lowest BCUT2D eigenvalue weighted by Gasteiger charge is -2.29. The highest BCUT2D eigenvalue weighted by molar-refractivity contribution is 5.54. The van der Waals surface area contributed by atoms with E-state index in [1.165, 1.54) is 37.8 Å². The summed E-state index contributed by atoms with van der Waals surface area (Å²) in [6.45, 7) is 8.30. The van der Waals surface area contributed by atoms with Crippen molar-refractivity contribution in [3.05, 3.63) is 29.6 Å². The molecule has 1 aliphatic heterocycles. The van der Waals surface area contributed by atoms with E-state index in [1.54, 1.807) is 12.1 Å². The summed E-state index contributed by atoms with van der Waals surface area (Å²) in [5.41, 5.74) is 2.31. The minimum atomic E-state index is -0.132. The van der Waals surface area contributed by atoms with Gasteiger partial charge in [0.2, 0.25) is 0 Å². The molecule has 2 nitrogen and oxygen atoms in total. The highest BCUT2D eigenvalue weighted by Gasteiger charge is 2.13. The number of rotatable bonds is 5. The third kappa shape index (κ3) is 5.31. The van der Waals surface area contributed by atoms with Crippen LogP contribution < -0.4 is 10.2 Å². The summed E-state index contributed by atoms with van der Waals surface area (Å²) in [6, 6.07) is 5.25. The van der Waals surface area contributed by atoms with Crippen LogP contribution in [0.3, 0.4) is 0 Å². The highest BCUT2D eigenvalue weighted by atomic mass is 19.1. The second-order valence-corrected chi connectivity index (χ2v) is 6.55. The average Bonchev–Trinajstić information content (AvgIpc) is 2.39. The second-order valence-electron chi connectivity index (χ2n) is 6.55. The summed E-state index contributed by atoms with van der Waals surface area (Å²) in [6.07, 6.45) is 6.49. The van der Waals surface area contributed by atoms with Crippen LogP contribution in [-0.4, -0.2) is 19.6 Å². The first-order valence-corrected chi connectivity index (χ1v) is 8.41. The van der Waals surface area contributed by atoms with Crippen molar-refractivity contribution in [1.29, 1.82) is 0 Å². The Morgan fingerprint density at radius 3 is 2.43 bits per heavy atom. The van der Waals surface area contributed by atoms with E-state index in [-0.39, 0.29) is 5.82 Å². The molecule has 0 amide bonds. The number of benzene rings is 1. The zero-order chi connectivity index (χ0) is 15.1. The van der Waals surface area contributed by atoms with Gasteiger partial charge >= 0.3 is 0 Å². The van der Waals surface area contributed by atoms with Gasteiger partial charge in [-0.05, 0) is 49.1 Å². The van der Waals surface area contributed by atoms with Gasteiger partial charge in [-0.1, -0.05) is 33.1 Å². The first-order chi connectivity index (χ1) is 10.2. The topological polar surface area (TPSA) is 15.3 Å². The largest absolute Gasteiger partial charge is 0.371 e. The Hall–Kier alpha value is -1.09. The number of hydrogen-bond donors (Lipinski definition) is 1. The van der Waals surface area contributed by atoms with E-state index in [2.05, 4.69) is 24.1 Å². The van der Waals surface area contributed by atoms with Crippen LogP contribution in [0.15, 0.2) is 18.2 Å². The lowest BCUT2D eigenvalue weighted by Crippen LogP contribution is -2.29. The van der Waals surface area contributed by atoms with Crippen molar-refractivity contribution in [1.82, 2.24) is 5.32 Å². The van der Waals surface area contributed by atoms with Crippen LogP contribution in [-0.2, 0) is 6.54 Å². The SMILES string of the molecule is CC(C)CNCc1cc(F)ccc1N1CCCCCCC1.